The number of amides is 2. The number of carbonyl (C=O) groups is 2. The number of anilines is 1. The van der Waals surface area contributed by atoms with E-state index in [1.807, 2.05) is 0 Å². The molecular formula is C20H20ClFN2O3. The van der Waals surface area contributed by atoms with Gasteiger partial charge in [-0.05, 0) is 36.2 Å². The molecule has 1 N–H and O–H groups in total. The van der Waals surface area contributed by atoms with Gasteiger partial charge in [-0.15, -0.1) is 0 Å². The second-order valence-corrected chi connectivity index (χ2v) is 6.83. The van der Waals surface area contributed by atoms with Crippen molar-refractivity contribution in [3.63, 3.8) is 0 Å². The number of halogens is 2. The van der Waals surface area contributed by atoms with E-state index >= 15 is 0 Å². The Morgan fingerprint density at radius 3 is 2.81 bits per heavy atom. The van der Waals surface area contributed by atoms with Crippen molar-refractivity contribution in [3.05, 3.63) is 58.9 Å². The number of hydrogen-bond donors (Lipinski definition) is 1. The van der Waals surface area contributed by atoms with E-state index in [2.05, 4.69) is 5.32 Å². The fraction of sp³-hybridized carbons (Fsp3) is 0.300. The fourth-order valence-electron chi connectivity index (χ4n) is 3.11. The summed E-state index contributed by atoms with van der Waals surface area (Å²) < 4.78 is 18.8. The third-order valence-electron chi connectivity index (χ3n) is 4.61. The average Bonchev–Trinajstić information content (AvgIpc) is 3.02. The second-order valence-electron chi connectivity index (χ2n) is 6.42. The number of hydrogen-bond acceptors (Lipinski definition) is 3. The van der Waals surface area contributed by atoms with Gasteiger partial charge < -0.3 is 15.0 Å². The zero-order chi connectivity index (χ0) is 19.4. The van der Waals surface area contributed by atoms with Crippen LogP contribution in [-0.2, 0) is 16.0 Å². The van der Waals surface area contributed by atoms with Gasteiger partial charge in [0, 0.05) is 25.2 Å². The zero-order valence-corrected chi connectivity index (χ0v) is 15.6. The third kappa shape index (κ3) is 4.57. The topological polar surface area (TPSA) is 58.6 Å². The molecule has 1 saturated heterocycles. The largest absolute Gasteiger partial charge is 0.495 e. The van der Waals surface area contributed by atoms with E-state index in [-0.39, 0.29) is 24.1 Å². The van der Waals surface area contributed by atoms with Crippen LogP contribution >= 0.6 is 11.6 Å². The molecule has 0 radical (unpaired) electrons. The first-order valence-corrected chi connectivity index (χ1v) is 9.01. The number of rotatable bonds is 6. The lowest BCUT2D eigenvalue weighted by Crippen LogP contribution is -2.30. The molecule has 2 amide bonds. The van der Waals surface area contributed by atoms with Crippen molar-refractivity contribution >= 4 is 29.1 Å². The smallest absolute Gasteiger partial charge is 0.229 e. The maximum atomic E-state index is 13.7. The maximum Gasteiger partial charge on any atom is 0.229 e. The van der Waals surface area contributed by atoms with Crippen LogP contribution in [0.1, 0.15) is 12.0 Å². The first-order valence-electron chi connectivity index (χ1n) is 8.63. The Labute approximate surface area is 162 Å². The molecule has 0 saturated carbocycles. The Balaban J connectivity index is 1.57. The van der Waals surface area contributed by atoms with Crippen LogP contribution in [0.5, 0.6) is 5.75 Å². The van der Waals surface area contributed by atoms with Gasteiger partial charge in [-0.1, -0.05) is 29.8 Å². The molecule has 2 aromatic rings. The molecule has 2 aromatic carbocycles. The van der Waals surface area contributed by atoms with Crippen molar-refractivity contribution in [2.75, 3.05) is 25.5 Å². The maximum absolute atomic E-state index is 13.7. The summed E-state index contributed by atoms with van der Waals surface area (Å²) in [6.07, 6.45) is 0.563. The van der Waals surface area contributed by atoms with E-state index in [4.69, 9.17) is 16.3 Å². The molecule has 1 aliphatic heterocycles. The fourth-order valence-corrected chi connectivity index (χ4v) is 3.37. The van der Waals surface area contributed by atoms with Gasteiger partial charge in [0.2, 0.25) is 11.8 Å². The molecule has 0 aliphatic carbocycles. The van der Waals surface area contributed by atoms with Crippen molar-refractivity contribution in [2.24, 2.45) is 5.92 Å². The molecular weight excluding hydrogens is 371 g/mol. The van der Waals surface area contributed by atoms with Gasteiger partial charge in [0.1, 0.15) is 11.6 Å². The van der Waals surface area contributed by atoms with Gasteiger partial charge in [-0.3, -0.25) is 9.59 Å². The highest BCUT2D eigenvalue weighted by Crippen LogP contribution is 2.28. The van der Waals surface area contributed by atoms with Gasteiger partial charge in [0.05, 0.1) is 18.1 Å². The molecule has 1 unspecified atom stereocenters. The van der Waals surface area contributed by atoms with Crippen LogP contribution < -0.4 is 10.1 Å². The molecule has 142 valence electrons. The monoisotopic (exact) mass is 390 g/mol. The lowest BCUT2D eigenvalue weighted by Gasteiger charge is -2.17. The molecule has 1 fully saturated rings. The Kier molecular flexibility index (Phi) is 5.96. The van der Waals surface area contributed by atoms with E-state index in [0.717, 1.165) is 0 Å². The van der Waals surface area contributed by atoms with E-state index < -0.39 is 5.92 Å². The Bertz CT molecular complexity index is 859. The van der Waals surface area contributed by atoms with Gasteiger partial charge in [-0.25, -0.2) is 4.39 Å². The average molecular weight is 391 g/mol. The number of carbonyl (C=O) groups excluding carboxylic acids is 2. The van der Waals surface area contributed by atoms with Gasteiger partial charge >= 0.3 is 0 Å². The number of likely N-dealkylation sites (tertiary alicyclic amines) is 1. The minimum absolute atomic E-state index is 0.0979. The molecule has 3 rings (SSSR count). The predicted molar refractivity (Wildman–Crippen MR) is 101 cm³/mol. The minimum Gasteiger partial charge on any atom is -0.495 e. The van der Waals surface area contributed by atoms with E-state index in [1.54, 1.807) is 41.3 Å². The van der Waals surface area contributed by atoms with Crippen LogP contribution in [0.25, 0.3) is 0 Å². The Hall–Kier alpha value is -2.60. The normalized spacial score (nSPS) is 16.5. The number of nitrogens with one attached hydrogen (secondary N) is 1. The second kappa shape index (κ2) is 8.39. The lowest BCUT2D eigenvalue weighted by atomic mass is 10.1. The highest BCUT2D eigenvalue weighted by molar-refractivity contribution is 6.32. The van der Waals surface area contributed by atoms with E-state index in [0.29, 0.717) is 41.5 Å². The quantitative estimate of drug-likeness (QED) is 0.821. The number of methoxy groups -OCH3 is 1. The first kappa shape index (κ1) is 19.2. The predicted octanol–water partition coefficient (Wildman–Crippen LogP) is 3.52. The Morgan fingerprint density at radius 1 is 1.33 bits per heavy atom. The summed E-state index contributed by atoms with van der Waals surface area (Å²) in [6, 6.07) is 11.5. The molecule has 1 aliphatic rings. The molecule has 1 heterocycles. The van der Waals surface area contributed by atoms with Crippen molar-refractivity contribution in [2.45, 2.75) is 12.8 Å². The highest BCUT2D eigenvalue weighted by atomic mass is 35.5. The number of ether oxygens (including phenoxy) is 1. The molecule has 0 aromatic heterocycles. The van der Waals surface area contributed by atoms with E-state index in [1.165, 1.54) is 13.2 Å². The van der Waals surface area contributed by atoms with Crippen LogP contribution in [0.3, 0.4) is 0 Å². The summed E-state index contributed by atoms with van der Waals surface area (Å²) in [5, 5.41) is 3.18. The Morgan fingerprint density at radius 2 is 2.11 bits per heavy atom. The minimum atomic E-state index is -0.445. The van der Waals surface area contributed by atoms with Crippen molar-refractivity contribution in [1.29, 1.82) is 0 Å². The van der Waals surface area contributed by atoms with Crippen molar-refractivity contribution in [3.8, 4) is 5.75 Å². The zero-order valence-electron chi connectivity index (χ0n) is 14.9. The van der Waals surface area contributed by atoms with Gasteiger partial charge in [0.25, 0.3) is 0 Å². The van der Waals surface area contributed by atoms with E-state index in [9.17, 15) is 14.0 Å². The third-order valence-corrected chi connectivity index (χ3v) is 4.91. The molecule has 1 atom stereocenters. The molecule has 0 spiro atoms. The standard InChI is InChI=1S/C20H20ClFN2O3/c1-27-18-7-6-15(11-16(18)21)23-20(26)14-10-19(25)24(12-14)9-8-13-4-2-3-5-17(13)22/h2-7,11,14H,8-10,12H2,1H3,(H,23,26). The van der Waals surface area contributed by atoms with Crippen LogP contribution in [-0.4, -0.2) is 36.9 Å². The van der Waals surface area contributed by atoms with Crippen molar-refractivity contribution < 1.29 is 18.7 Å². The molecule has 27 heavy (non-hydrogen) atoms. The first-order chi connectivity index (χ1) is 13.0. The van der Waals surface area contributed by atoms with Gasteiger partial charge in [-0.2, -0.15) is 0 Å². The van der Waals surface area contributed by atoms with Crippen LogP contribution in [0.15, 0.2) is 42.5 Å². The number of nitrogens with zero attached hydrogens (tertiary/aromatic N) is 1. The summed E-state index contributed by atoms with van der Waals surface area (Å²) in [6.45, 7) is 0.709. The van der Waals surface area contributed by atoms with Gasteiger partial charge in [0.15, 0.2) is 0 Å². The molecule has 0 bridgehead atoms. The SMILES string of the molecule is COc1ccc(NC(=O)C2CC(=O)N(CCc3ccccc3F)C2)cc1Cl. The highest BCUT2D eigenvalue weighted by Gasteiger charge is 2.34. The summed E-state index contributed by atoms with van der Waals surface area (Å²) in [4.78, 5) is 26.3. The number of benzene rings is 2. The summed E-state index contributed by atoms with van der Waals surface area (Å²) >= 11 is 6.06. The van der Waals surface area contributed by atoms with Crippen LogP contribution in [0.2, 0.25) is 5.02 Å². The molecule has 5 nitrogen and oxygen atoms in total. The van der Waals surface area contributed by atoms with Crippen molar-refractivity contribution in [1.82, 2.24) is 4.90 Å². The van der Waals surface area contributed by atoms with Crippen LogP contribution in [0, 0.1) is 11.7 Å². The summed E-state index contributed by atoms with van der Waals surface area (Å²) in [5.41, 5.74) is 1.11. The molecule has 7 heteroatoms. The van der Waals surface area contributed by atoms with Crippen LogP contribution in [0.4, 0.5) is 10.1 Å². The lowest BCUT2D eigenvalue weighted by molar-refractivity contribution is -0.128. The summed E-state index contributed by atoms with van der Waals surface area (Å²) in [7, 11) is 1.51. The summed E-state index contributed by atoms with van der Waals surface area (Å²) in [5.74, 6) is -0.545.